The number of rotatable bonds is 5. The number of para-hydroxylation sites is 1. The number of carbonyl (C=O) groups is 1. The third-order valence-corrected chi connectivity index (χ3v) is 5.59. The molecule has 1 unspecified atom stereocenters. The number of thiophene rings is 1. The molecule has 1 aliphatic rings. The van der Waals surface area contributed by atoms with Gasteiger partial charge in [-0.05, 0) is 42.8 Å². The molecule has 0 spiro atoms. The van der Waals surface area contributed by atoms with E-state index in [1.807, 2.05) is 25.1 Å². The number of nitrogens with one attached hydrogen (secondary N) is 1. The number of aryl methyl sites for hydroxylation is 2. The number of aromatic nitrogens is 2. The molecule has 0 saturated heterocycles. The van der Waals surface area contributed by atoms with Crippen molar-refractivity contribution in [1.29, 1.82) is 0 Å². The molecule has 3 heterocycles. The van der Waals surface area contributed by atoms with E-state index >= 15 is 0 Å². The molecule has 2 aromatic heterocycles. The van der Waals surface area contributed by atoms with Crippen molar-refractivity contribution in [2.45, 2.75) is 26.5 Å². The van der Waals surface area contributed by atoms with Crippen LogP contribution in [0.3, 0.4) is 0 Å². The van der Waals surface area contributed by atoms with Crippen molar-refractivity contribution in [2.24, 2.45) is 0 Å². The summed E-state index contributed by atoms with van der Waals surface area (Å²) in [5, 5.41) is 7.20. The molecule has 3 aromatic rings. The summed E-state index contributed by atoms with van der Waals surface area (Å²) in [6.45, 7) is 6.49. The first-order valence-electron chi connectivity index (χ1n) is 9.68. The summed E-state index contributed by atoms with van der Waals surface area (Å²) < 4.78 is 6.32. The Bertz CT molecular complexity index is 970. The molecule has 7 heteroatoms. The first-order chi connectivity index (χ1) is 14.1. The minimum atomic E-state index is -0.167. The first kappa shape index (κ1) is 19.5. The highest BCUT2D eigenvalue weighted by atomic mass is 32.1. The van der Waals surface area contributed by atoms with Gasteiger partial charge < -0.3 is 10.1 Å². The lowest BCUT2D eigenvalue weighted by atomic mass is 10.2. The SMILES string of the molecule is Cc1cc(C(=O)NCCN2Cc3ccccc3OC(c3ccsc3)C2)nc(C)n1. The second-order valence-corrected chi connectivity index (χ2v) is 7.98. The number of hydrogen-bond acceptors (Lipinski definition) is 6. The fourth-order valence-corrected chi connectivity index (χ4v) is 4.24. The quantitative estimate of drug-likeness (QED) is 0.700. The van der Waals surface area contributed by atoms with Crippen LogP contribution in [0.5, 0.6) is 5.75 Å². The fraction of sp³-hybridized carbons (Fsp3) is 0.318. The van der Waals surface area contributed by atoms with Gasteiger partial charge in [-0.25, -0.2) is 9.97 Å². The summed E-state index contributed by atoms with van der Waals surface area (Å²) in [6.07, 6.45) is -0.0206. The highest BCUT2D eigenvalue weighted by Crippen LogP contribution is 2.31. The van der Waals surface area contributed by atoms with Crippen LogP contribution in [-0.4, -0.2) is 40.4 Å². The molecule has 4 rings (SSSR count). The maximum Gasteiger partial charge on any atom is 0.270 e. The van der Waals surface area contributed by atoms with Gasteiger partial charge >= 0.3 is 0 Å². The second-order valence-electron chi connectivity index (χ2n) is 7.20. The van der Waals surface area contributed by atoms with Gasteiger partial charge in [-0.3, -0.25) is 9.69 Å². The molecule has 29 heavy (non-hydrogen) atoms. The topological polar surface area (TPSA) is 67.4 Å². The summed E-state index contributed by atoms with van der Waals surface area (Å²) in [4.78, 5) is 23.2. The fourth-order valence-electron chi connectivity index (χ4n) is 3.53. The van der Waals surface area contributed by atoms with Crippen molar-refractivity contribution in [3.63, 3.8) is 0 Å². The molecule has 0 bridgehead atoms. The van der Waals surface area contributed by atoms with Gasteiger partial charge in [0.05, 0.1) is 0 Å². The first-order valence-corrected chi connectivity index (χ1v) is 10.6. The van der Waals surface area contributed by atoms with E-state index in [-0.39, 0.29) is 12.0 Å². The molecule has 1 aromatic carbocycles. The summed E-state index contributed by atoms with van der Waals surface area (Å²) in [5.41, 5.74) is 3.56. The summed E-state index contributed by atoms with van der Waals surface area (Å²) in [6, 6.07) is 12.0. The lowest BCUT2D eigenvalue weighted by Crippen LogP contribution is -2.36. The number of nitrogens with zero attached hydrogens (tertiary/aromatic N) is 3. The van der Waals surface area contributed by atoms with E-state index in [1.165, 1.54) is 11.1 Å². The Hall–Kier alpha value is -2.77. The van der Waals surface area contributed by atoms with Crippen molar-refractivity contribution in [1.82, 2.24) is 20.2 Å². The number of hydrogen-bond donors (Lipinski definition) is 1. The molecule has 0 aliphatic carbocycles. The van der Waals surface area contributed by atoms with Crippen LogP contribution in [0.25, 0.3) is 0 Å². The van der Waals surface area contributed by atoms with Gasteiger partial charge in [0.2, 0.25) is 0 Å². The van der Waals surface area contributed by atoms with E-state index in [0.717, 1.165) is 31.1 Å². The van der Waals surface area contributed by atoms with Gasteiger partial charge in [-0.15, -0.1) is 0 Å². The zero-order valence-electron chi connectivity index (χ0n) is 16.6. The number of amides is 1. The Kier molecular flexibility index (Phi) is 5.87. The van der Waals surface area contributed by atoms with Crippen LogP contribution in [0, 0.1) is 13.8 Å². The molecule has 150 valence electrons. The van der Waals surface area contributed by atoms with E-state index < -0.39 is 0 Å². The molecule has 0 fully saturated rings. The Balaban J connectivity index is 1.42. The average Bonchev–Trinajstić information content (AvgIpc) is 3.16. The van der Waals surface area contributed by atoms with Crippen LogP contribution < -0.4 is 10.1 Å². The molecular formula is C22H24N4O2S. The molecule has 1 N–H and O–H groups in total. The maximum atomic E-state index is 12.5. The summed E-state index contributed by atoms with van der Waals surface area (Å²) >= 11 is 1.68. The van der Waals surface area contributed by atoms with Crippen LogP contribution in [-0.2, 0) is 6.54 Å². The van der Waals surface area contributed by atoms with Gasteiger partial charge in [0.1, 0.15) is 23.4 Å². The highest BCUT2D eigenvalue weighted by molar-refractivity contribution is 7.07. The minimum absolute atomic E-state index is 0.0206. The zero-order chi connectivity index (χ0) is 20.2. The van der Waals surface area contributed by atoms with Crippen molar-refractivity contribution < 1.29 is 9.53 Å². The number of ether oxygens (including phenoxy) is 1. The number of carbonyl (C=O) groups excluding carboxylic acids is 1. The highest BCUT2D eigenvalue weighted by Gasteiger charge is 2.24. The van der Waals surface area contributed by atoms with Gasteiger partial charge in [0.25, 0.3) is 5.91 Å². The number of benzene rings is 1. The van der Waals surface area contributed by atoms with Crippen LogP contribution in [0.2, 0.25) is 0 Å². The predicted octanol–water partition coefficient (Wildman–Crippen LogP) is 3.52. The number of fused-ring (bicyclic) bond motifs is 1. The third-order valence-electron chi connectivity index (χ3n) is 4.89. The van der Waals surface area contributed by atoms with Crippen molar-refractivity contribution in [2.75, 3.05) is 19.6 Å². The normalized spacial score (nSPS) is 16.6. The molecule has 0 radical (unpaired) electrons. The van der Waals surface area contributed by atoms with Gasteiger partial charge in [-0.1, -0.05) is 18.2 Å². The summed E-state index contributed by atoms with van der Waals surface area (Å²) in [7, 11) is 0. The van der Waals surface area contributed by atoms with Gasteiger partial charge in [0.15, 0.2) is 0 Å². The molecule has 0 saturated carbocycles. The lowest BCUT2D eigenvalue weighted by molar-refractivity contribution is 0.0937. The second kappa shape index (κ2) is 8.71. The van der Waals surface area contributed by atoms with Gasteiger partial charge in [-0.2, -0.15) is 11.3 Å². The largest absolute Gasteiger partial charge is 0.484 e. The van der Waals surface area contributed by atoms with Crippen LogP contribution in [0.4, 0.5) is 0 Å². The Labute approximate surface area is 174 Å². The molecule has 1 aliphatic heterocycles. The van der Waals surface area contributed by atoms with E-state index in [2.05, 4.69) is 43.1 Å². The minimum Gasteiger partial charge on any atom is -0.484 e. The van der Waals surface area contributed by atoms with Crippen molar-refractivity contribution in [3.05, 3.63) is 75.5 Å². The molecule has 1 amide bonds. The van der Waals surface area contributed by atoms with E-state index in [9.17, 15) is 4.79 Å². The molecule has 6 nitrogen and oxygen atoms in total. The third kappa shape index (κ3) is 4.81. The monoisotopic (exact) mass is 408 g/mol. The maximum absolute atomic E-state index is 12.5. The lowest BCUT2D eigenvalue weighted by Gasteiger charge is -2.23. The summed E-state index contributed by atoms with van der Waals surface area (Å²) in [5.74, 6) is 1.37. The molecule has 1 atom stereocenters. The van der Waals surface area contributed by atoms with Gasteiger partial charge in [0, 0.05) is 43.0 Å². The Morgan fingerprint density at radius 3 is 2.93 bits per heavy atom. The van der Waals surface area contributed by atoms with E-state index in [1.54, 1.807) is 24.3 Å². The van der Waals surface area contributed by atoms with Crippen molar-refractivity contribution >= 4 is 17.2 Å². The van der Waals surface area contributed by atoms with Crippen LogP contribution in [0.1, 0.15) is 39.2 Å². The van der Waals surface area contributed by atoms with Crippen LogP contribution in [0.15, 0.2) is 47.2 Å². The Morgan fingerprint density at radius 2 is 2.14 bits per heavy atom. The molecular weight excluding hydrogens is 384 g/mol. The Morgan fingerprint density at radius 1 is 1.28 bits per heavy atom. The predicted molar refractivity (Wildman–Crippen MR) is 113 cm³/mol. The smallest absolute Gasteiger partial charge is 0.270 e. The van der Waals surface area contributed by atoms with E-state index in [0.29, 0.717) is 18.1 Å². The van der Waals surface area contributed by atoms with Crippen LogP contribution >= 0.6 is 11.3 Å². The standard InChI is InChI=1S/C22H24N4O2S/c1-15-11-19(25-16(2)24-15)22(27)23-8-9-26-12-17-5-3-4-6-20(17)28-21(13-26)18-7-10-29-14-18/h3-7,10-11,14,21H,8-9,12-13H2,1-2H3,(H,23,27). The zero-order valence-corrected chi connectivity index (χ0v) is 17.4. The average molecular weight is 409 g/mol. The van der Waals surface area contributed by atoms with Crippen molar-refractivity contribution in [3.8, 4) is 5.75 Å². The van der Waals surface area contributed by atoms with E-state index in [4.69, 9.17) is 4.74 Å².